The van der Waals surface area contributed by atoms with Crippen LogP contribution in [0, 0.1) is 0 Å². The third-order valence-electron chi connectivity index (χ3n) is 2.31. The van der Waals surface area contributed by atoms with Crippen LogP contribution in [-0.4, -0.2) is 50.8 Å². The van der Waals surface area contributed by atoms with Gasteiger partial charge in [0.25, 0.3) is 0 Å². The second-order valence-electron chi connectivity index (χ2n) is 3.32. The highest BCUT2D eigenvalue weighted by molar-refractivity contribution is 4.77. The van der Waals surface area contributed by atoms with Gasteiger partial charge in [0.15, 0.2) is 0 Å². The van der Waals surface area contributed by atoms with Crippen molar-refractivity contribution < 1.29 is 4.74 Å². The number of morpholine rings is 1. The SMILES string of the molecule is CC(C1CNCCO1)N(C)C. The zero-order valence-corrected chi connectivity index (χ0v) is 7.63. The smallest absolute Gasteiger partial charge is 0.0851 e. The maximum atomic E-state index is 5.60. The van der Waals surface area contributed by atoms with Crippen LogP contribution >= 0.6 is 0 Å². The number of nitrogens with zero attached hydrogens (tertiary/aromatic N) is 1. The minimum Gasteiger partial charge on any atom is -0.374 e. The van der Waals surface area contributed by atoms with E-state index in [0.29, 0.717) is 12.1 Å². The summed E-state index contributed by atoms with van der Waals surface area (Å²) in [6.07, 6.45) is 0.360. The third-order valence-corrected chi connectivity index (χ3v) is 2.31. The van der Waals surface area contributed by atoms with Gasteiger partial charge in [0.05, 0.1) is 12.7 Å². The molecule has 3 heteroatoms. The van der Waals surface area contributed by atoms with Gasteiger partial charge < -0.3 is 15.0 Å². The minimum atomic E-state index is 0.360. The molecule has 1 aliphatic heterocycles. The lowest BCUT2D eigenvalue weighted by molar-refractivity contribution is -0.0146. The highest BCUT2D eigenvalue weighted by atomic mass is 16.5. The molecule has 1 rings (SSSR count). The molecule has 0 aromatic heterocycles. The first kappa shape index (κ1) is 8.97. The monoisotopic (exact) mass is 158 g/mol. The van der Waals surface area contributed by atoms with Crippen LogP contribution in [0.3, 0.4) is 0 Å². The number of nitrogens with one attached hydrogen (secondary N) is 1. The number of hydrogen-bond donors (Lipinski definition) is 1. The fourth-order valence-corrected chi connectivity index (χ4v) is 1.23. The van der Waals surface area contributed by atoms with E-state index in [0.717, 1.165) is 19.7 Å². The van der Waals surface area contributed by atoms with Crippen molar-refractivity contribution in [2.75, 3.05) is 33.8 Å². The molecule has 0 aliphatic carbocycles. The van der Waals surface area contributed by atoms with Gasteiger partial charge in [-0.2, -0.15) is 0 Å². The maximum Gasteiger partial charge on any atom is 0.0851 e. The van der Waals surface area contributed by atoms with E-state index in [2.05, 4.69) is 31.2 Å². The first-order valence-electron chi connectivity index (χ1n) is 4.20. The lowest BCUT2D eigenvalue weighted by atomic mass is 10.1. The summed E-state index contributed by atoms with van der Waals surface area (Å²) >= 11 is 0. The van der Waals surface area contributed by atoms with E-state index in [1.807, 2.05) is 0 Å². The fraction of sp³-hybridized carbons (Fsp3) is 1.00. The van der Waals surface area contributed by atoms with Gasteiger partial charge in [0.2, 0.25) is 0 Å². The molecule has 2 atom stereocenters. The van der Waals surface area contributed by atoms with Crippen LogP contribution in [0.15, 0.2) is 0 Å². The zero-order chi connectivity index (χ0) is 8.27. The Balaban J connectivity index is 2.32. The second-order valence-corrected chi connectivity index (χ2v) is 3.32. The van der Waals surface area contributed by atoms with Crippen LogP contribution in [0.2, 0.25) is 0 Å². The third kappa shape index (κ3) is 2.43. The van der Waals surface area contributed by atoms with E-state index >= 15 is 0 Å². The van der Waals surface area contributed by atoms with Crippen molar-refractivity contribution in [3.05, 3.63) is 0 Å². The van der Waals surface area contributed by atoms with E-state index in [-0.39, 0.29) is 0 Å². The van der Waals surface area contributed by atoms with Crippen LogP contribution < -0.4 is 5.32 Å². The Morgan fingerprint density at radius 1 is 1.55 bits per heavy atom. The molecule has 0 radical (unpaired) electrons. The van der Waals surface area contributed by atoms with Crippen LogP contribution in [-0.2, 0) is 4.74 Å². The predicted octanol–water partition coefficient (Wildman–Crippen LogP) is -0.0751. The van der Waals surface area contributed by atoms with Crippen LogP contribution in [0.1, 0.15) is 6.92 Å². The van der Waals surface area contributed by atoms with E-state index in [1.54, 1.807) is 0 Å². The van der Waals surface area contributed by atoms with Crippen molar-refractivity contribution in [2.24, 2.45) is 0 Å². The molecule has 1 aliphatic rings. The van der Waals surface area contributed by atoms with E-state index < -0.39 is 0 Å². The van der Waals surface area contributed by atoms with Crippen molar-refractivity contribution >= 4 is 0 Å². The Morgan fingerprint density at radius 2 is 2.27 bits per heavy atom. The van der Waals surface area contributed by atoms with Gasteiger partial charge in [0.1, 0.15) is 0 Å². The summed E-state index contributed by atoms with van der Waals surface area (Å²) < 4.78 is 5.60. The van der Waals surface area contributed by atoms with Gasteiger partial charge in [-0.15, -0.1) is 0 Å². The first-order chi connectivity index (χ1) is 5.22. The lowest BCUT2D eigenvalue weighted by Crippen LogP contribution is -2.48. The highest BCUT2D eigenvalue weighted by Gasteiger charge is 2.21. The summed E-state index contributed by atoms with van der Waals surface area (Å²) in [5.74, 6) is 0. The van der Waals surface area contributed by atoms with Crippen LogP contribution in [0.5, 0.6) is 0 Å². The Hall–Kier alpha value is -0.120. The molecule has 1 N–H and O–H groups in total. The topological polar surface area (TPSA) is 24.5 Å². The van der Waals surface area contributed by atoms with Gasteiger partial charge in [-0.25, -0.2) is 0 Å². The summed E-state index contributed by atoms with van der Waals surface area (Å²) in [6.45, 7) is 5.02. The quantitative estimate of drug-likeness (QED) is 0.608. The van der Waals surface area contributed by atoms with Crippen molar-refractivity contribution in [3.63, 3.8) is 0 Å². The molecule has 0 spiro atoms. The Bertz CT molecular complexity index is 111. The van der Waals surface area contributed by atoms with E-state index in [1.165, 1.54) is 0 Å². The second kappa shape index (κ2) is 4.04. The molecule has 0 saturated carbocycles. The predicted molar refractivity (Wildman–Crippen MR) is 45.8 cm³/mol. The molecule has 0 aromatic rings. The van der Waals surface area contributed by atoms with Gasteiger partial charge in [0, 0.05) is 19.1 Å². The molecular weight excluding hydrogens is 140 g/mol. The van der Waals surface area contributed by atoms with Crippen LogP contribution in [0.4, 0.5) is 0 Å². The molecule has 3 nitrogen and oxygen atoms in total. The number of hydrogen-bond acceptors (Lipinski definition) is 3. The molecule has 0 bridgehead atoms. The first-order valence-corrected chi connectivity index (χ1v) is 4.20. The molecule has 1 fully saturated rings. The summed E-state index contributed by atoms with van der Waals surface area (Å²) in [6, 6.07) is 0.503. The lowest BCUT2D eigenvalue weighted by Gasteiger charge is -2.32. The Kier molecular flexibility index (Phi) is 3.30. The van der Waals surface area contributed by atoms with Crippen molar-refractivity contribution in [3.8, 4) is 0 Å². The Labute approximate surface area is 68.7 Å². The summed E-state index contributed by atoms with van der Waals surface area (Å²) in [5.41, 5.74) is 0. The molecule has 11 heavy (non-hydrogen) atoms. The van der Waals surface area contributed by atoms with Gasteiger partial charge >= 0.3 is 0 Å². The average Bonchev–Trinajstić information content (AvgIpc) is 2.05. The maximum absolute atomic E-state index is 5.60. The number of rotatable bonds is 2. The minimum absolute atomic E-state index is 0.360. The normalized spacial score (nSPS) is 28.9. The molecule has 1 saturated heterocycles. The van der Waals surface area contributed by atoms with Crippen molar-refractivity contribution in [2.45, 2.75) is 19.1 Å². The Morgan fingerprint density at radius 3 is 2.73 bits per heavy atom. The number of ether oxygens (including phenoxy) is 1. The molecule has 66 valence electrons. The van der Waals surface area contributed by atoms with Gasteiger partial charge in [-0.3, -0.25) is 0 Å². The fourth-order valence-electron chi connectivity index (χ4n) is 1.23. The molecule has 2 unspecified atom stereocenters. The van der Waals surface area contributed by atoms with E-state index in [4.69, 9.17) is 4.74 Å². The van der Waals surface area contributed by atoms with Crippen LogP contribution in [0.25, 0.3) is 0 Å². The zero-order valence-electron chi connectivity index (χ0n) is 7.63. The summed E-state index contributed by atoms with van der Waals surface area (Å²) in [7, 11) is 4.17. The van der Waals surface area contributed by atoms with Gasteiger partial charge in [-0.05, 0) is 21.0 Å². The van der Waals surface area contributed by atoms with Gasteiger partial charge in [-0.1, -0.05) is 0 Å². The molecule has 0 amide bonds. The molecule has 1 heterocycles. The van der Waals surface area contributed by atoms with E-state index in [9.17, 15) is 0 Å². The van der Waals surface area contributed by atoms with Crippen molar-refractivity contribution in [1.29, 1.82) is 0 Å². The summed E-state index contributed by atoms with van der Waals surface area (Å²) in [4.78, 5) is 2.19. The number of likely N-dealkylation sites (N-methyl/N-ethyl adjacent to an activating group) is 1. The van der Waals surface area contributed by atoms with Crippen molar-refractivity contribution in [1.82, 2.24) is 10.2 Å². The standard InChI is InChI=1S/C8H18N2O/c1-7(10(2)3)8-6-9-4-5-11-8/h7-9H,4-6H2,1-3H3. The highest BCUT2D eigenvalue weighted by Crippen LogP contribution is 2.05. The average molecular weight is 158 g/mol. The largest absolute Gasteiger partial charge is 0.374 e. The molecule has 0 aromatic carbocycles. The summed E-state index contributed by atoms with van der Waals surface area (Å²) in [5, 5.41) is 3.32. The molecular formula is C8H18N2O.